The molecule has 0 atom stereocenters. The molecular weight excluding hydrogens is 192 g/mol. The number of hydrogen-bond donors (Lipinski definition) is 0. The zero-order valence-corrected chi connectivity index (χ0v) is 8.66. The lowest BCUT2D eigenvalue weighted by Crippen LogP contribution is -1.84. The van der Waals surface area contributed by atoms with Crippen LogP contribution >= 0.6 is 11.8 Å². The van der Waals surface area contributed by atoms with Crippen LogP contribution in [-0.2, 0) is 0 Å². The Hall–Kier alpha value is -1.35. The van der Waals surface area contributed by atoms with Gasteiger partial charge >= 0.3 is 0 Å². The Labute approximate surface area is 87.4 Å². The molecule has 14 heavy (non-hydrogen) atoms. The van der Waals surface area contributed by atoms with E-state index in [1.807, 2.05) is 12.1 Å². The molecule has 0 amide bonds. The average Bonchev–Trinajstić information content (AvgIpc) is 2.30. The van der Waals surface area contributed by atoms with Crippen LogP contribution < -0.4 is 0 Å². The van der Waals surface area contributed by atoms with E-state index >= 15 is 0 Å². The van der Waals surface area contributed by atoms with E-state index in [-0.39, 0.29) is 0 Å². The topological polar surface area (TPSA) is 25.8 Å². The lowest BCUT2D eigenvalue weighted by atomic mass is 10.1. The van der Waals surface area contributed by atoms with Gasteiger partial charge in [-0.2, -0.15) is 10.2 Å². The molecule has 0 bridgehead atoms. The van der Waals surface area contributed by atoms with Gasteiger partial charge < -0.3 is 0 Å². The first-order valence-corrected chi connectivity index (χ1v) is 5.55. The SMILES string of the molecule is CSc1ccc(-c2cccnn2)cc1. The van der Waals surface area contributed by atoms with Crippen LogP contribution in [0.2, 0.25) is 0 Å². The summed E-state index contributed by atoms with van der Waals surface area (Å²) in [6.45, 7) is 0. The van der Waals surface area contributed by atoms with E-state index in [0.29, 0.717) is 0 Å². The summed E-state index contributed by atoms with van der Waals surface area (Å²) in [4.78, 5) is 1.26. The highest BCUT2D eigenvalue weighted by atomic mass is 32.2. The van der Waals surface area contributed by atoms with Crippen LogP contribution in [0.25, 0.3) is 11.3 Å². The lowest BCUT2D eigenvalue weighted by Gasteiger charge is -2.00. The van der Waals surface area contributed by atoms with Crippen molar-refractivity contribution in [2.24, 2.45) is 0 Å². The van der Waals surface area contributed by atoms with Crippen molar-refractivity contribution in [3.05, 3.63) is 42.6 Å². The van der Waals surface area contributed by atoms with Crippen LogP contribution in [0.3, 0.4) is 0 Å². The molecule has 0 N–H and O–H groups in total. The van der Waals surface area contributed by atoms with Gasteiger partial charge in [-0.15, -0.1) is 11.8 Å². The smallest absolute Gasteiger partial charge is 0.0929 e. The van der Waals surface area contributed by atoms with Gasteiger partial charge in [-0.3, -0.25) is 0 Å². The van der Waals surface area contributed by atoms with Gasteiger partial charge in [-0.25, -0.2) is 0 Å². The van der Waals surface area contributed by atoms with E-state index in [1.165, 1.54) is 4.90 Å². The molecule has 0 aliphatic heterocycles. The van der Waals surface area contributed by atoms with Crippen LogP contribution in [0.5, 0.6) is 0 Å². The van der Waals surface area contributed by atoms with E-state index in [0.717, 1.165) is 11.3 Å². The van der Waals surface area contributed by atoms with Crippen LogP contribution in [0.1, 0.15) is 0 Å². The van der Waals surface area contributed by atoms with Crippen molar-refractivity contribution in [3.63, 3.8) is 0 Å². The summed E-state index contributed by atoms with van der Waals surface area (Å²) in [7, 11) is 0. The summed E-state index contributed by atoms with van der Waals surface area (Å²) in [5.74, 6) is 0. The van der Waals surface area contributed by atoms with E-state index in [9.17, 15) is 0 Å². The van der Waals surface area contributed by atoms with Gasteiger partial charge in [0.1, 0.15) is 0 Å². The van der Waals surface area contributed by atoms with Gasteiger partial charge in [-0.05, 0) is 30.5 Å². The number of aromatic nitrogens is 2. The second-order valence-corrected chi connectivity index (χ2v) is 3.72. The fraction of sp³-hybridized carbons (Fsp3) is 0.0909. The molecule has 1 heterocycles. The number of nitrogens with zero attached hydrogens (tertiary/aromatic N) is 2. The lowest BCUT2D eigenvalue weighted by molar-refractivity contribution is 1.04. The van der Waals surface area contributed by atoms with Crippen molar-refractivity contribution >= 4 is 11.8 Å². The van der Waals surface area contributed by atoms with Gasteiger partial charge in [0.25, 0.3) is 0 Å². The van der Waals surface area contributed by atoms with Gasteiger partial charge in [0.05, 0.1) is 5.69 Å². The maximum Gasteiger partial charge on any atom is 0.0929 e. The number of benzene rings is 1. The fourth-order valence-electron chi connectivity index (χ4n) is 1.22. The van der Waals surface area contributed by atoms with Gasteiger partial charge in [0.2, 0.25) is 0 Å². The van der Waals surface area contributed by atoms with Crippen molar-refractivity contribution in [2.45, 2.75) is 4.90 Å². The Bertz CT molecular complexity index is 397. The summed E-state index contributed by atoms with van der Waals surface area (Å²) >= 11 is 1.74. The van der Waals surface area contributed by atoms with Crippen LogP contribution in [0, 0.1) is 0 Å². The monoisotopic (exact) mass is 202 g/mol. The first-order chi connectivity index (χ1) is 6.90. The Morgan fingerprint density at radius 3 is 2.43 bits per heavy atom. The highest BCUT2D eigenvalue weighted by Gasteiger charge is 1.97. The van der Waals surface area contributed by atoms with Crippen molar-refractivity contribution in [1.29, 1.82) is 0 Å². The van der Waals surface area contributed by atoms with Crippen LogP contribution in [0.4, 0.5) is 0 Å². The number of rotatable bonds is 2. The molecule has 0 saturated heterocycles. The number of thioether (sulfide) groups is 1. The number of hydrogen-bond acceptors (Lipinski definition) is 3. The Morgan fingerprint density at radius 2 is 1.86 bits per heavy atom. The van der Waals surface area contributed by atoms with E-state index in [4.69, 9.17) is 0 Å². The minimum atomic E-state index is 0.917. The summed E-state index contributed by atoms with van der Waals surface area (Å²) in [5, 5.41) is 7.90. The molecule has 0 saturated carbocycles. The Morgan fingerprint density at radius 1 is 1.07 bits per heavy atom. The third-order valence-corrected chi connectivity index (χ3v) is 2.70. The summed E-state index contributed by atoms with van der Waals surface area (Å²) in [6.07, 6.45) is 3.75. The zero-order valence-electron chi connectivity index (χ0n) is 7.84. The Kier molecular flexibility index (Phi) is 2.79. The molecule has 1 aromatic heterocycles. The van der Waals surface area contributed by atoms with Crippen molar-refractivity contribution < 1.29 is 0 Å². The van der Waals surface area contributed by atoms with Gasteiger partial charge in [-0.1, -0.05) is 12.1 Å². The normalized spacial score (nSPS) is 10.1. The van der Waals surface area contributed by atoms with E-state index < -0.39 is 0 Å². The van der Waals surface area contributed by atoms with E-state index in [2.05, 4.69) is 40.7 Å². The molecule has 1 aromatic carbocycles. The highest BCUT2D eigenvalue weighted by molar-refractivity contribution is 7.98. The highest BCUT2D eigenvalue weighted by Crippen LogP contribution is 2.20. The summed E-state index contributed by atoms with van der Waals surface area (Å²) in [5.41, 5.74) is 2.02. The average molecular weight is 202 g/mol. The fourth-order valence-corrected chi connectivity index (χ4v) is 1.63. The second-order valence-electron chi connectivity index (χ2n) is 2.84. The van der Waals surface area contributed by atoms with Gasteiger partial charge in [0.15, 0.2) is 0 Å². The van der Waals surface area contributed by atoms with Gasteiger partial charge in [0, 0.05) is 16.7 Å². The molecule has 0 unspecified atom stereocenters. The van der Waals surface area contributed by atoms with Crippen LogP contribution in [0.15, 0.2) is 47.5 Å². The minimum Gasteiger partial charge on any atom is -0.159 e. The zero-order chi connectivity index (χ0) is 9.80. The molecule has 3 heteroatoms. The quantitative estimate of drug-likeness (QED) is 0.700. The standard InChI is InChI=1S/C11H10N2S/c1-14-10-6-4-9(5-7-10)11-3-2-8-12-13-11/h2-8H,1H3. The first kappa shape index (κ1) is 9.21. The minimum absolute atomic E-state index is 0.917. The predicted octanol–water partition coefficient (Wildman–Crippen LogP) is 2.87. The molecule has 2 nitrogen and oxygen atoms in total. The molecule has 70 valence electrons. The third-order valence-electron chi connectivity index (χ3n) is 1.96. The maximum atomic E-state index is 4.05. The molecular formula is C11H10N2S. The summed E-state index contributed by atoms with van der Waals surface area (Å²) in [6, 6.07) is 12.2. The second kappa shape index (κ2) is 4.24. The van der Waals surface area contributed by atoms with Crippen molar-refractivity contribution in [3.8, 4) is 11.3 Å². The molecule has 0 radical (unpaired) electrons. The van der Waals surface area contributed by atoms with E-state index in [1.54, 1.807) is 18.0 Å². The van der Waals surface area contributed by atoms with Crippen molar-refractivity contribution in [2.75, 3.05) is 6.26 Å². The molecule has 0 spiro atoms. The third kappa shape index (κ3) is 1.93. The molecule has 2 rings (SSSR count). The maximum absolute atomic E-state index is 4.05. The molecule has 2 aromatic rings. The molecule has 0 aliphatic rings. The molecule has 0 fully saturated rings. The van der Waals surface area contributed by atoms with Crippen molar-refractivity contribution in [1.82, 2.24) is 10.2 Å². The predicted molar refractivity (Wildman–Crippen MR) is 59.2 cm³/mol. The summed E-state index contributed by atoms with van der Waals surface area (Å²) < 4.78 is 0. The largest absolute Gasteiger partial charge is 0.159 e. The Balaban J connectivity index is 2.34. The first-order valence-electron chi connectivity index (χ1n) is 4.32. The van der Waals surface area contributed by atoms with Crippen LogP contribution in [-0.4, -0.2) is 16.5 Å². The molecule has 0 aliphatic carbocycles.